The van der Waals surface area contributed by atoms with Crippen molar-refractivity contribution in [3.05, 3.63) is 18.5 Å². The standard InChI is InChI=1S/C13H21BN2O4/c1-10(2)16-3-4-19-13(8-16)9-20-12-5-11(14(17)18)6-15-7-12/h5-7,10,13,17-18H,3-4,8-9H2,1-2H3. The molecule has 1 aromatic rings. The molecule has 1 aromatic heterocycles. The lowest BCUT2D eigenvalue weighted by Crippen LogP contribution is -2.47. The predicted molar refractivity (Wildman–Crippen MR) is 76.0 cm³/mol. The van der Waals surface area contributed by atoms with E-state index in [0.29, 0.717) is 30.5 Å². The third kappa shape index (κ3) is 4.18. The van der Waals surface area contributed by atoms with E-state index in [1.807, 2.05) is 0 Å². The first-order valence-corrected chi connectivity index (χ1v) is 6.86. The van der Waals surface area contributed by atoms with Gasteiger partial charge in [-0.05, 0) is 19.9 Å². The highest BCUT2D eigenvalue weighted by Crippen LogP contribution is 2.11. The summed E-state index contributed by atoms with van der Waals surface area (Å²) < 4.78 is 11.3. The fourth-order valence-corrected chi connectivity index (χ4v) is 2.16. The second-order valence-corrected chi connectivity index (χ2v) is 5.22. The molecule has 1 atom stereocenters. The van der Waals surface area contributed by atoms with Crippen LogP contribution in [0, 0.1) is 0 Å². The quantitative estimate of drug-likeness (QED) is 0.691. The number of ether oxygens (including phenoxy) is 2. The summed E-state index contributed by atoms with van der Waals surface area (Å²) in [6, 6.07) is 2.07. The van der Waals surface area contributed by atoms with Crippen molar-refractivity contribution >= 4 is 12.6 Å². The molecule has 0 spiro atoms. The van der Waals surface area contributed by atoms with Crippen molar-refractivity contribution in [1.29, 1.82) is 0 Å². The molecular formula is C13H21BN2O4. The van der Waals surface area contributed by atoms with E-state index in [-0.39, 0.29) is 6.10 Å². The van der Waals surface area contributed by atoms with E-state index < -0.39 is 7.12 Å². The second kappa shape index (κ2) is 7.03. The maximum absolute atomic E-state index is 9.09. The Labute approximate surface area is 119 Å². The fourth-order valence-electron chi connectivity index (χ4n) is 2.16. The molecule has 0 saturated carbocycles. The minimum Gasteiger partial charge on any atom is -0.489 e. The molecule has 1 aliphatic rings. The van der Waals surface area contributed by atoms with E-state index in [0.717, 1.165) is 13.1 Å². The van der Waals surface area contributed by atoms with Crippen LogP contribution < -0.4 is 10.2 Å². The Morgan fingerprint density at radius 1 is 1.50 bits per heavy atom. The maximum atomic E-state index is 9.09. The van der Waals surface area contributed by atoms with Crippen molar-refractivity contribution in [3.63, 3.8) is 0 Å². The van der Waals surface area contributed by atoms with Crippen LogP contribution in [0.1, 0.15) is 13.8 Å². The van der Waals surface area contributed by atoms with Crippen molar-refractivity contribution in [2.75, 3.05) is 26.3 Å². The van der Waals surface area contributed by atoms with Gasteiger partial charge >= 0.3 is 7.12 Å². The lowest BCUT2D eigenvalue weighted by molar-refractivity contribution is -0.0564. The van der Waals surface area contributed by atoms with Gasteiger partial charge < -0.3 is 19.5 Å². The highest BCUT2D eigenvalue weighted by molar-refractivity contribution is 6.58. The molecule has 1 aliphatic heterocycles. The molecule has 1 saturated heterocycles. The summed E-state index contributed by atoms with van der Waals surface area (Å²) in [6.45, 7) is 7.25. The number of pyridine rings is 1. The first-order chi connectivity index (χ1) is 9.56. The molecule has 2 N–H and O–H groups in total. The molecule has 1 unspecified atom stereocenters. The average molecular weight is 280 g/mol. The number of rotatable bonds is 5. The largest absolute Gasteiger partial charge is 0.490 e. The summed E-state index contributed by atoms with van der Waals surface area (Å²) >= 11 is 0. The van der Waals surface area contributed by atoms with Crippen molar-refractivity contribution in [1.82, 2.24) is 9.88 Å². The smallest absolute Gasteiger partial charge is 0.489 e. The van der Waals surface area contributed by atoms with Gasteiger partial charge in [-0.25, -0.2) is 0 Å². The Balaban J connectivity index is 1.87. The SMILES string of the molecule is CC(C)N1CCOC(COc2cncc(B(O)O)c2)C1. The zero-order chi connectivity index (χ0) is 14.5. The van der Waals surface area contributed by atoms with Gasteiger partial charge in [0.2, 0.25) is 0 Å². The summed E-state index contributed by atoms with van der Waals surface area (Å²) in [5, 5.41) is 18.2. The minimum absolute atomic E-state index is 0.0221. The van der Waals surface area contributed by atoms with Crippen LogP contribution in [-0.4, -0.2) is 65.5 Å². The molecule has 0 aliphatic carbocycles. The number of aromatic nitrogens is 1. The zero-order valence-electron chi connectivity index (χ0n) is 11.9. The lowest BCUT2D eigenvalue weighted by Gasteiger charge is -2.35. The predicted octanol–water partition coefficient (Wildman–Crippen LogP) is -0.751. The van der Waals surface area contributed by atoms with Crippen LogP contribution >= 0.6 is 0 Å². The molecule has 0 aromatic carbocycles. The van der Waals surface area contributed by atoms with E-state index in [4.69, 9.17) is 19.5 Å². The van der Waals surface area contributed by atoms with Gasteiger partial charge in [-0.15, -0.1) is 0 Å². The van der Waals surface area contributed by atoms with E-state index in [1.165, 1.54) is 6.20 Å². The van der Waals surface area contributed by atoms with Gasteiger partial charge in [-0.2, -0.15) is 0 Å². The first kappa shape index (κ1) is 15.2. The molecule has 2 rings (SSSR count). The van der Waals surface area contributed by atoms with Gasteiger partial charge in [-0.3, -0.25) is 9.88 Å². The molecule has 20 heavy (non-hydrogen) atoms. The Morgan fingerprint density at radius 3 is 3.00 bits per heavy atom. The van der Waals surface area contributed by atoms with Crippen LogP contribution in [0.25, 0.3) is 0 Å². The number of morpholine rings is 1. The van der Waals surface area contributed by atoms with Gasteiger partial charge in [0.25, 0.3) is 0 Å². The molecule has 0 bridgehead atoms. The first-order valence-electron chi connectivity index (χ1n) is 6.86. The van der Waals surface area contributed by atoms with E-state index >= 15 is 0 Å². The monoisotopic (exact) mass is 280 g/mol. The highest BCUT2D eigenvalue weighted by atomic mass is 16.5. The van der Waals surface area contributed by atoms with Crippen molar-refractivity contribution in [3.8, 4) is 5.75 Å². The van der Waals surface area contributed by atoms with Crippen LogP contribution in [0.15, 0.2) is 18.5 Å². The van der Waals surface area contributed by atoms with Gasteiger partial charge in [-0.1, -0.05) is 0 Å². The van der Waals surface area contributed by atoms with Gasteiger partial charge in [0.15, 0.2) is 0 Å². The molecule has 110 valence electrons. The summed E-state index contributed by atoms with van der Waals surface area (Å²) in [6.07, 6.45) is 2.97. The molecule has 0 radical (unpaired) electrons. The minimum atomic E-state index is -1.53. The third-order valence-electron chi connectivity index (χ3n) is 3.37. The number of hydrogen-bond donors (Lipinski definition) is 2. The Morgan fingerprint density at radius 2 is 2.30 bits per heavy atom. The van der Waals surface area contributed by atoms with Crippen LogP contribution in [0.4, 0.5) is 0 Å². The lowest BCUT2D eigenvalue weighted by atomic mass is 9.82. The fraction of sp³-hybridized carbons (Fsp3) is 0.615. The van der Waals surface area contributed by atoms with Crippen LogP contribution in [0.5, 0.6) is 5.75 Å². The average Bonchev–Trinajstić information content (AvgIpc) is 2.45. The number of nitrogens with zero attached hydrogens (tertiary/aromatic N) is 2. The van der Waals surface area contributed by atoms with Gasteiger partial charge in [0, 0.05) is 30.8 Å². The third-order valence-corrected chi connectivity index (χ3v) is 3.37. The second-order valence-electron chi connectivity index (χ2n) is 5.22. The van der Waals surface area contributed by atoms with E-state index in [1.54, 1.807) is 12.3 Å². The van der Waals surface area contributed by atoms with E-state index in [2.05, 4.69) is 23.7 Å². The Bertz CT molecular complexity index is 431. The van der Waals surface area contributed by atoms with Crippen LogP contribution in [0.3, 0.4) is 0 Å². The van der Waals surface area contributed by atoms with Crippen molar-refractivity contribution in [2.24, 2.45) is 0 Å². The van der Waals surface area contributed by atoms with Crippen molar-refractivity contribution < 1.29 is 19.5 Å². The molecule has 7 heteroatoms. The summed E-state index contributed by atoms with van der Waals surface area (Å²) in [5.41, 5.74) is 0.316. The van der Waals surface area contributed by atoms with Crippen molar-refractivity contribution in [2.45, 2.75) is 26.0 Å². The Hall–Kier alpha value is -1.15. The highest BCUT2D eigenvalue weighted by Gasteiger charge is 2.22. The molecule has 6 nitrogen and oxygen atoms in total. The summed E-state index contributed by atoms with van der Waals surface area (Å²) in [4.78, 5) is 6.27. The molecule has 1 fully saturated rings. The van der Waals surface area contributed by atoms with Gasteiger partial charge in [0.05, 0.1) is 12.8 Å². The normalized spacial score (nSPS) is 20.1. The maximum Gasteiger partial charge on any atom is 0.490 e. The van der Waals surface area contributed by atoms with Crippen LogP contribution in [-0.2, 0) is 4.74 Å². The molecular weight excluding hydrogens is 259 g/mol. The Kier molecular flexibility index (Phi) is 5.36. The topological polar surface area (TPSA) is 75.1 Å². The van der Waals surface area contributed by atoms with Gasteiger partial charge in [0.1, 0.15) is 18.5 Å². The number of hydrogen-bond acceptors (Lipinski definition) is 6. The zero-order valence-corrected chi connectivity index (χ0v) is 11.9. The van der Waals surface area contributed by atoms with Crippen LogP contribution in [0.2, 0.25) is 0 Å². The summed E-state index contributed by atoms with van der Waals surface area (Å²) in [7, 11) is -1.53. The molecule has 0 amide bonds. The molecule has 2 heterocycles. The summed E-state index contributed by atoms with van der Waals surface area (Å²) in [5.74, 6) is 0.515. The van der Waals surface area contributed by atoms with E-state index in [9.17, 15) is 0 Å².